The van der Waals surface area contributed by atoms with E-state index in [9.17, 15) is 10.1 Å². The first-order chi connectivity index (χ1) is 9.15. The highest BCUT2D eigenvalue weighted by atomic mass is 16.6. The predicted octanol–water partition coefficient (Wildman–Crippen LogP) is 1.64. The number of piperidine rings is 1. The Labute approximate surface area is 111 Å². The summed E-state index contributed by atoms with van der Waals surface area (Å²) in [4.78, 5) is 12.6. The van der Waals surface area contributed by atoms with Gasteiger partial charge in [0, 0.05) is 19.2 Å². The SMILES string of the molecule is N#Cc1ccc([N+](=O)[O-])c(N2CCC(CN)CC2)c1. The number of nitriles is 1. The van der Waals surface area contributed by atoms with E-state index in [4.69, 9.17) is 11.0 Å². The normalized spacial score (nSPS) is 16.1. The monoisotopic (exact) mass is 260 g/mol. The molecule has 0 saturated carbocycles. The highest BCUT2D eigenvalue weighted by molar-refractivity contribution is 5.66. The van der Waals surface area contributed by atoms with E-state index in [1.165, 1.54) is 12.1 Å². The van der Waals surface area contributed by atoms with Gasteiger partial charge in [0.05, 0.1) is 16.6 Å². The molecule has 0 atom stereocenters. The van der Waals surface area contributed by atoms with Gasteiger partial charge in [0.1, 0.15) is 5.69 Å². The van der Waals surface area contributed by atoms with Crippen molar-refractivity contribution in [3.05, 3.63) is 33.9 Å². The van der Waals surface area contributed by atoms with E-state index in [0.717, 1.165) is 25.9 Å². The lowest BCUT2D eigenvalue weighted by molar-refractivity contribution is -0.384. The molecule has 0 aliphatic carbocycles. The number of nitrogens with two attached hydrogens (primary N) is 1. The smallest absolute Gasteiger partial charge is 0.292 e. The van der Waals surface area contributed by atoms with E-state index in [2.05, 4.69) is 0 Å². The maximum Gasteiger partial charge on any atom is 0.292 e. The molecule has 6 heteroatoms. The summed E-state index contributed by atoms with van der Waals surface area (Å²) in [5, 5.41) is 20.0. The Morgan fingerprint density at radius 3 is 2.68 bits per heavy atom. The largest absolute Gasteiger partial charge is 0.366 e. The van der Waals surface area contributed by atoms with Crippen LogP contribution in [0.25, 0.3) is 0 Å². The molecular weight excluding hydrogens is 244 g/mol. The van der Waals surface area contributed by atoms with Gasteiger partial charge in [0.25, 0.3) is 5.69 Å². The van der Waals surface area contributed by atoms with E-state index in [1.54, 1.807) is 6.07 Å². The van der Waals surface area contributed by atoms with Crippen molar-refractivity contribution in [2.24, 2.45) is 11.7 Å². The molecule has 1 heterocycles. The first-order valence-electron chi connectivity index (χ1n) is 6.29. The molecule has 1 aromatic carbocycles. The number of rotatable bonds is 3. The van der Waals surface area contributed by atoms with E-state index in [0.29, 0.717) is 23.7 Å². The third-order valence-corrected chi connectivity index (χ3v) is 3.59. The molecule has 0 spiro atoms. The minimum absolute atomic E-state index is 0.0604. The van der Waals surface area contributed by atoms with Gasteiger partial charge < -0.3 is 10.6 Å². The summed E-state index contributed by atoms with van der Waals surface area (Å²) in [6, 6.07) is 6.51. The molecule has 1 aliphatic heterocycles. The van der Waals surface area contributed by atoms with Crippen LogP contribution < -0.4 is 10.6 Å². The molecule has 100 valence electrons. The van der Waals surface area contributed by atoms with Gasteiger partial charge in [-0.3, -0.25) is 10.1 Å². The minimum Gasteiger partial charge on any atom is -0.366 e. The van der Waals surface area contributed by atoms with E-state index < -0.39 is 4.92 Å². The fourth-order valence-corrected chi connectivity index (χ4v) is 2.41. The first kappa shape index (κ1) is 13.3. The van der Waals surface area contributed by atoms with Crippen molar-refractivity contribution in [2.75, 3.05) is 24.5 Å². The van der Waals surface area contributed by atoms with Crippen LogP contribution in [0.4, 0.5) is 11.4 Å². The Bertz CT molecular complexity index is 516. The lowest BCUT2D eigenvalue weighted by atomic mass is 9.96. The van der Waals surface area contributed by atoms with Crippen molar-refractivity contribution in [3.8, 4) is 6.07 Å². The van der Waals surface area contributed by atoms with Crippen LogP contribution in [0.1, 0.15) is 18.4 Å². The summed E-state index contributed by atoms with van der Waals surface area (Å²) < 4.78 is 0. The second kappa shape index (κ2) is 5.67. The van der Waals surface area contributed by atoms with Crippen molar-refractivity contribution in [1.82, 2.24) is 0 Å². The zero-order valence-electron chi connectivity index (χ0n) is 10.6. The summed E-state index contributed by atoms with van der Waals surface area (Å²) in [6.45, 7) is 2.16. The van der Waals surface area contributed by atoms with Crippen molar-refractivity contribution >= 4 is 11.4 Å². The maximum absolute atomic E-state index is 11.1. The standard InChI is InChI=1S/C13H16N4O2/c14-8-10-3-5-16(6-4-10)13-7-11(9-15)1-2-12(13)17(18)19/h1-2,7,10H,3-6,8,14H2. The topological polar surface area (TPSA) is 96.2 Å². The lowest BCUT2D eigenvalue weighted by Gasteiger charge is -2.32. The number of hydrogen-bond donors (Lipinski definition) is 1. The molecule has 2 N–H and O–H groups in total. The van der Waals surface area contributed by atoms with Crippen LogP contribution in [0.15, 0.2) is 18.2 Å². The number of benzene rings is 1. The van der Waals surface area contributed by atoms with Crippen LogP contribution in [0.3, 0.4) is 0 Å². The summed E-state index contributed by atoms with van der Waals surface area (Å²) in [5.41, 5.74) is 6.69. The third kappa shape index (κ3) is 2.83. The van der Waals surface area contributed by atoms with Crippen molar-refractivity contribution < 1.29 is 4.92 Å². The fourth-order valence-electron chi connectivity index (χ4n) is 2.41. The zero-order valence-corrected chi connectivity index (χ0v) is 10.6. The summed E-state index contributed by atoms with van der Waals surface area (Å²) >= 11 is 0. The predicted molar refractivity (Wildman–Crippen MR) is 71.8 cm³/mol. The van der Waals surface area contributed by atoms with Gasteiger partial charge in [-0.15, -0.1) is 0 Å². The van der Waals surface area contributed by atoms with Crippen LogP contribution in [-0.4, -0.2) is 24.6 Å². The fraction of sp³-hybridized carbons (Fsp3) is 0.462. The van der Waals surface area contributed by atoms with E-state index in [1.807, 2.05) is 11.0 Å². The van der Waals surface area contributed by atoms with Gasteiger partial charge in [-0.2, -0.15) is 5.26 Å². The summed E-state index contributed by atoms with van der Waals surface area (Å²) in [5.74, 6) is 0.495. The first-order valence-corrected chi connectivity index (χ1v) is 6.29. The molecule has 0 aromatic heterocycles. The summed E-state index contributed by atoms with van der Waals surface area (Å²) in [6.07, 6.45) is 1.87. The molecule has 0 unspecified atom stereocenters. The van der Waals surface area contributed by atoms with Crippen molar-refractivity contribution in [3.63, 3.8) is 0 Å². The van der Waals surface area contributed by atoms with Gasteiger partial charge in [0.2, 0.25) is 0 Å². The molecule has 1 aliphatic rings. The van der Waals surface area contributed by atoms with Crippen LogP contribution >= 0.6 is 0 Å². The van der Waals surface area contributed by atoms with Gasteiger partial charge in [0.15, 0.2) is 0 Å². The Balaban J connectivity index is 2.28. The Hall–Kier alpha value is -2.13. The van der Waals surface area contributed by atoms with Gasteiger partial charge in [-0.25, -0.2) is 0 Å². The van der Waals surface area contributed by atoms with Crippen LogP contribution in [0, 0.1) is 27.4 Å². The third-order valence-electron chi connectivity index (χ3n) is 3.59. The molecule has 19 heavy (non-hydrogen) atoms. The lowest BCUT2D eigenvalue weighted by Crippen LogP contribution is -2.36. The highest BCUT2D eigenvalue weighted by Gasteiger charge is 2.24. The number of nitro benzene ring substituents is 1. The van der Waals surface area contributed by atoms with Gasteiger partial charge in [-0.1, -0.05) is 0 Å². The summed E-state index contributed by atoms with van der Waals surface area (Å²) in [7, 11) is 0. The number of anilines is 1. The minimum atomic E-state index is -0.397. The molecule has 0 bridgehead atoms. The van der Waals surface area contributed by atoms with Crippen molar-refractivity contribution in [1.29, 1.82) is 5.26 Å². The zero-order chi connectivity index (χ0) is 13.8. The molecule has 2 rings (SSSR count). The van der Waals surface area contributed by atoms with Gasteiger partial charge >= 0.3 is 0 Å². The van der Waals surface area contributed by atoms with Crippen molar-refractivity contribution in [2.45, 2.75) is 12.8 Å². The Morgan fingerprint density at radius 2 is 2.16 bits per heavy atom. The second-order valence-corrected chi connectivity index (χ2v) is 4.74. The second-order valence-electron chi connectivity index (χ2n) is 4.74. The average Bonchev–Trinajstić information content (AvgIpc) is 2.46. The molecular formula is C13H16N4O2. The van der Waals surface area contributed by atoms with Crippen LogP contribution in [0.2, 0.25) is 0 Å². The molecule has 1 saturated heterocycles. The van der Waals surface area contributed by atoms with Crippen LogP contribution in [-0.2, 0) is 0 Å². The number of hydrogen-bond acceptors (Lipinski definition) is 5. The number of nitro groups is 1. The molecule has 6 nitrogen and oxygen atoms in total. The molecule has 0 radical (unpaired) electrons. The van der Waals surface area contributed by atoms with E-state index in [-0.39, 0.29) is 5.69 Å². The van der Waals surface area contributed by atoms with Crippen LogP contribution in [0.5, 0.6) is 0 Å². The Kier molecular flexibility index (Phi) is 3.97. The van der Waals surface area contributed by atoms with Gasteiger partial charge in [-0.05, 0) is 37.4 Å². The molecule has 1 aromatic rings. The molecule has 1 fully saturated rings. The highest BCUT2D eigenvalue weighted by Crippen LogP contribution is 2.32. The average molecular weight is 260 g/mol. The van der Waals surface area contributed by atoms with E-state index >= 15 is 0 Å². The quantitative estimate of drug-likeness (QED) is 0.658. The number of nitrogens with zero attached hydrogens (tertiary/aromatic N) is 3. The maximum atomic E-state index is 11.1. The molecule has 0 amide bonds. The Morgan fingerprint density at radius 1 is 1.47 bits per heavy atom.